The number of aromatic nitrogens is 3. The fourth-order valence-electron chi connectivity index (χ4n) is 2.32. The Kier molecular flexibility index (Phi) is 6.32. The van der Waals surface area contributed by atoms with Gasteiger partial charge in [-0.05, 0) is 49.2 Å². The van der Waals surface area contributed by atoms with Crippen molar-refractivity contribution >= 4 is 29.4 Å². The van der Waals surface area contributed by atoms with Gasteiger partial charge in [-0.3, -0.25) is 0 Å². The number of aryl methyl sites for hydroxylation is 2. The maximum Gasteiger partial charge on any atom is 0.147 e. The molecule has 0 bridgehead atoms. The standard InChI is InChI=1S/C19H18Cl2N4O2/c1-13-3-4-17(7-14(13)2)26-5-6-27-19-15(8-16(20)9-18(19)21)10-24-25-11-22-23-12-25/h3-4,7-12H,5-6H2,1-2H3/b24-10-. The molecule has 6 nitrogen and oxygen atoms in total. The molecule has 0 saturated carbocycles. The van der Waals surface area contributed by atoms with Gasteiger partial charge >= 0.3 is 0 Å². The Labute approximate surface area is 167 Å². The molecule has 0 aliphatic rings. The van der Waals surface area contributed by atoms with Crippen molar-refractivity contribution < 1.29 is 9.47 Å². The van der Waals surface area contributed by atoms with E-state index in [-0.39, 0.29) is 0 Å². The molecule has 2 aromatic carbocycles. The molecule has 0 saturated heterocycles. The Hall–Kier alpha value is -2.57. The molecular formula is C19H18Cl2N4O2. The van der Waals surface area contributed by atoms with Gasteiger partial charge in [0.1, 0.15) is 37.4 Å². The number of benzene rings is 2. The van der Waals surface area contributed by atoms with Crippen LogP contribution in [0.3, 0.4) is 0 Å². The number of hydrogen-bond acceptors (Lipinski definition) is 5. The van der Waals surface area contributed by atoms with Gasteiger partial charge in [-0.25, -0.2) is 4.68 Å². The van der Waals surface area contributed by atoms with Gasteiger partial charge in [0.2, 0.25) is 0 Å². The molecule has 1 heterocycles. The predicted molar refractivity (Wildman–Crippen MR) is 106 cm³/mol. The second-order valence-electron chi connectivity index (χ2n) is 5.84. The van der Waals surface area contributed by atoms with E-state index in [1.165, 1.54) is 28.5 Å². The van der Waals surface area contributed by atoms with E-state index in [0.717, 1.165) is 5.75 Å². The first-order valence-corrected chi connectivity index (χ1v) is 8.99. The lowest BCUT2D eigenvalue weighted by molar-refractivity contribution is 0.217. The predicted octanol–water partition coefficient (Wildman–Crippen LogP) is 4.54. The molecule has 140 valence electrons. The lowest BCUT2D eigenvalue weighted by Gasteiger charge is -2.13. The number of nitrogens with zero attached hydrogens (tertiary/aromatic N) is 4. The lowest BCUT2D eigenvalue weighted by atomic mass is 10.1. The molecule has 0 N–H and O–H groups in total. The van der Waals surface area contributed by atoms with Gasteiger partial charge in [0.15, 0.2) is 0 Å². The minimum atomic E-state index is 0.321. The average molecular weight is 405 g/mol. The van der Waals surface area contributed by atoms with Crippen molar-refractivity contribution in [2.75, 3.05) is 13.2 Å². The van der Waals surface area contributed by atoms with E-state index in [1.54, 1.807) is 18.3 Å². The minimum Gasteiger partial charge on any atom is -0.490 e. The van der Waals surface area contributed by atoms with E-state index in [2.05, 4.69) is 22.2 Å². The normalized spacial score (nSPS) is 11.1. The number of ether oxygens (including phenoxy) is 2. The molecular weight excluding hydrogens is 387 g/mol. The summed E-state index contributed by atoms with van der Waals surface area (Å²) in [6.45, 7) is 4.81. The Morgan fingerprint density at radius 1 is 1.00 bits per heavy atom. The number of hydrogen-bond donors (Lipinski definition) is 0. The molecule has 0 fully saturated rings. The van der Waals surface area contributed by atoms with Crippen molar-refractivity contribution in [1.82, 2.24) is 14.9 Å². The Morgan fingerprint density at radius 3 is 2.48 bits per heavy atom. The smallest absolute Gasteiger partial charge is 0.147 e. The zero-order valence-electron chi connectivity index (χ0n) is 14.9. The molecule has 8 heteroatoms. The summed E-state index contributed by atoms with van der Waals surface area (Å²) in [4.78, 5) is 0. The third kappa shape index (κ3) is 5.21. The van der Waals surface area contributed by atoms with Gasteiger partial charge in [0.25, 0.3) is 0 Å². The zero-order valence-corrected chi connectivity index (χ0v) is 16.4. The molecule has 3 aromatic rings. The molecule has 27 heavy (non-hydrogen) atoms. The van der Waals surface area contributed by atoms with Crippen LogP contribution in [0.15, 0.2) is 48.1 Å². The van der Waals surface area contributed by atoms with E-state index in [9.17, 15) is 0 Å². The van der Waals surface area contributed by atoms with Crippen LogP contribution in [-0.2, 0) is 0 Å². The maximum atomic E-state index is 6.29. The zero-order chi connectivity index (χ0) is 19.2. The third-order valence-corrected chi connectivity index (χ3v) is 4.35. The maximum absolute atomic E-state index is 6.29. The van der Waals surface area contributed by atoms with Gasteiger partial charge in [0, 0.05) is 10.6 Å². The lowest BCUT2D eigenvalue weighted by Crippen LogP contribution is -2.10. The van der Waals surface area contributed by atoms with E-state index in [0.29, 0.717) is 34.6 Å². The van der Waals surface area contributed by atoms with E-state index in [1.807, 2.05) is 25.1 Å². The van der Waals surface area contributed by atoms with Crippen LogP contribution >= 0.6 is 23.2 Å². The third-order valence-electron chi connectivity index (χ3n) is 3.85. The van der Waals surface area contributed by atoms with Crippen LogP contribution in [0.25, 0.3) is 0 Å². The molecule has 0 radical (unpaired) electrons. The van der Waals surface area contributed by atoms with Crippen LogP contribution in [0.5, 0.6) is 11.5 Å². The first-order chi connectivity index (χ1) is 13.0. The Balaban J connectivity index is 1.65. The summed E-state index contributed by atoms with van der Waals surface area (Å²) in [5.41, 5.74) is 3.05. The van der Waals surface area contributed by atoms with Crippen LogP contribution in [-0.4, -0.2) is 34.3 Å². The topological polar surface area (TPSA) is 61.5 Å². The monoisotopic (exact) mass is 404 g/mol. The average Bonchev–Trinajstić information content (AvgIpc) is 3.14. The highest BCUT2D eigenvalue weighted by Crippen LogP contribution is 2.31. The first kappa shape index (κ1) is 19.2. The summed E-state index contributed by atoms with van der Waals surface area (Å²) in [5, 5.41) is 12.5. The van der Waals surface area contributed by atoms with Crippen molar-refractivity contribution in [1.29, 1.82) is 0 Å². The highest BCUT2D eigenvalue weighted by molar-refractivity contribution is 6.36. The molecule has 3 rings (SSSR count). The van der Waals surface area contributed by atoms with Crippen LogP contribution in [0.2, 0.25) is 10.0 Å². The summed E-state index contributed by atoms with van der Waals surface area (Å²) in [5.74, 6) is 1.29. The summed E-state index contributed by atoms with van der Waals surface area (Å²) in [6, 6.07) is 9.32. The molecule has 0 atom stereocenters. The number of halogens is 2. The minimum absolute atomic E-state index is 0.321. The van der Waals surface area contributed by atoms with Crippen LogP contribution in [0.1, 0.15) is 16.7 Å². The van der Waals surface area contributed by atoms with Crippen molar-refractivity contribution in [3.05, 3.63) is 69.7 Å². The Morgan fingerprint density at radius 2 is 1.74 bits per heavy atom. The number of rotatable bonds is 7. The largest absolute Gasteiger partial charge is 0.490 e. The molecule has 0 aliphatic carbocycles. The Bertz CT molecular complexity index is 943. The molecule has 0 aliphatic heterocycles. The molecule has 0 spiro atoms. The van der Waals surface area contributed by atoms with Crippen molar-refractivity contribution in [3.8, 4) is 11.5 Å². The summed E-state index contributed by atoms with van der Waals surface area (Å²) in [7, 11) is 0. The van der Waals surface area contributed by atoms with Crippen molar-refractivity contribution in [2.24, 2.45) is 5.10 Å². The van der Waals surface area contributed by atoms with Gasteiger partial charge in [0.05, 0.1) is 11.2 Å². The molecule has 0 amide bonds. The van der Waals surface area contributed by atoms with Crippen LogP contribution in [0, 0.1) is 13.8 Å². The van der Waals surface area contributed by atoms with Crippen LogP contribution in [0.4, 0.5) is 0 Å². The van der Waals surface area contributed by atoms with Crippen LogP contribution < -0.4 is 9.47 Å². The summed E-state index contributed by atoms with van der Waals surface area (Å²) >= 11 is 12.4. The fraction of sp³-hybridized carbons (Fsp3) is 0.211. The second-order valence-corrected chi connectivity index (χ2v) is 6.68. The molecule has 0 unspecified atom stereocenters. The second kappa shape index (κ2) is 8.88. The van der Waals surface area contributed by atoms with Crippen molar-refractivity contribution in [2.45, 2.75) is 13.8 Å². The summed E-state index contributed by atoms with van der Waals surface area (Å²) < 4.78 is 13.0. The van der Waals surface area contributed by atoms with Gasteiger partial charge in [-0.1, -0.05) is 29.3 Å². The fourth-order valence-corrected chi connectivity index (χ4v) is 2.88. The van der Waals surface area contributed by atoms with Crippen molar-refractivity contribution in [3.63, 3.8) is 0 Å². The first-order valence-electron chi connectivity index (χ1n) is 8.24. The highest BCUT2D eigenvalue weighted by atomic mass is 35.5. The quantitative estimate of drug-likeness (QED) is 0.428. The van der Waals surface area contributed by atoms with Gasteiger partial charge in [-0.2, -0.15) is 5.10 Å². The van der Waals surface area contributed by atoms with E-state index in [4.69, 9.17) is 32.7 Å². The van der Waals surface area contributed by atoms with Gasteiger partial charge in [-0.15, -0.1) is 10.2 Å². The van der Waals surface area contributed by atoms with Gasteiger partial charge < -0.3 is 9.47 Å². The SMILES string of the molecule is Cc1ccc(OCCOc2c(Cl)cc(Cl)cc2/C=N\n2cnnc2)cc1C. The highest BCUT2D eigenvalue weighted by Gasteiger charge is 2.10. The van der Waals surface area contributed by atoms with E-state index < -0.39 is 0 Å². The van der Waals surface area contributed by atoms with E-state index >= 15 is 0 Å². The molecule has 1 aromatic heterocycles. The summed E-state index contributed by atoms with van der Waals surface area (Å²) in [6.07, 6.45) is 4.53.